The van der Waals surface area contributed by atoms with Crippen LogP contribution in [0.4, 0.5) is 0 Å². The van der Waals surface area contributed by atoms with Gasteiger partial charge < -0.3 is 5.32 Å². The van der Waals surface area contributed by atoms with Crippen LogP contribution in [0.2, 0.25) is 0 Å². The van der Waals surface area contributed by atoms with E-state index in [1.54, 1.807) is 6.92 Å². The molecule has 1 amide bonds. The Kier molecular flexibility index (Phi) is 3.09. The van der Waals surface area contributed by atoms with Crippen LogP contribution in [0.5, 0.6) is 0 Å². The van der Waals surface area contributed by atoms with Gasteiger partial charge in [0.2, 0.25) is 0 Å². The summed E-state index contributed by atoms with van der Waals surface area (Å²) in [6, 6.07) is 0. The lowest BCUT2D eigenvalue weighted by Crippen LogP contribution is -2.24. The standard InChI is InChI=1S/C9H11N3O/c1-3-4-5-10-9(13)8-6-11-12-7(8)2/h1,6H,4-5H2,2H3,(H,10,13)(H,11,12). The number of H-pyrrole nitrogens is 1. The number of aromatic amines is 1. The van der Waals surface area contributed by atoms with E-state index in [1.807, 2.05) is 0 Å². The highest BCUT2D eigenvalue weighted by molar-refractivity contribution is 5.94. The molecule has 1 aromatic rings. The number of rotatable bonds is 3. The van der Waals surface area contributed by atoms with Crippen molar-refractivity contribution in [1.82, 2.24) is 15.5 Å². The number of nitrogens with zero attached hydrogens (tertiary/aromatic N) is 1. The molecule has 0 unspecified atom stereocenters. The third-order valence-electron chi connectivity index (χ3n) is 1.63. The molecule has 0 spiro atoms. The molecule has 13 heavy (non-hydrogen) atoms. The van der Waals surface area contributed by atoms with Gasteiger partial charge in [-0.15, -0.1) is 12.3 Å². The van der Waals surface area contributed by atoms with Crippen molar-refractivity contribution < 1.29 is 4.79 Å². The van der Waals surface area contributed by atoms with Gasteiger partial charge in [0.15, 0.2) is 0 Å². The SMILES string of the molecule is C#CCCNC(=O)c1cn[nH]c1C. The van der Waals surface area contributed by atoms with E-state index in [4.69, 9.17) is 6.42 Å². The molecule has 2 N–H and O–H groups in total. The fraction of sp³-hybridized carbons (Fsp3) is 0.333. The predicted molar refractivity (Wildman–Crippen MR) is 49.1 cm³/mol. The maximum absolute atomic E-state index is 11.4. The number of aromatic nitrogens is 2. The van der Waals surface area contributed by atoms with Crippen LogP contribution >= 0.6 is 0 Å². The summed E-state index contributed by atoms with van der Waals surface area (Å²) in [5.41, 5.74) is 1.33. The van der Waals surface area contributed by atoms with Crippen molar-refractivity contribution in [2.45, 2.75) is 13.3 Å². The Balaban J connectivity index is 2.50. The molecule has 0 aromatic carbocycles. The zero-order chi connectivity index (χ0) is 9.68. The number of hydrogen-bond acceptors (Lipinski definition) is 2. The Bertz CT molecular complexity index is 335. The van der Waals surface area contributed by atoms with Crippen LogP contribution < -0.4 is 5.32 Å². The second kappa shape index (κ2) is 4.31. The summed E-state index contributed by atoms with van der Waals surface area (Å²) in [7, 11) is 0. The van der Waals surface area contributed by atoms with Gasteiger partial charge in [0.1, 0.15) is 0 Å². The summed E-state index contributed by atoms with van der Waals surface area (Å²) in [5, 5.41) is 9.12. The molecule has 68 valence electrons. The maximum Gasteiger partial charge on any atom is 0.254 e. The van der Waals surface area contributed by atoms with E-state index in [0.717, 1.165) is 5.69 Å². The minimum atomic E-state index is -0.137. The predicted octanol–water partition coefficient (Wildman–Crippen LogP) is 0.471. The highest BCUT2D eigenvalue weighted by Crippen LogP contribution is 2.01. The summed E-state index contributed by atoms with van der Waals surface area (Å²) >= 11 is 0. The zero-order valence-electron chi connectivity index (χ0n) is 7.42. The van der Waals surface area contributed by atoms with Gasteiger partial charge in [-0.25, -0.2) is 0 Å². The van der Waals surface area contributed by atoms with Crippen molar-refractivity contribution in [2.75, 3.05) is 6.54 Å². The first kappa shape index (κ1) is 9.33. The van der Waals surface area contributed by atoms with Crippen molar-refractivity contribution in [1.29, 1.82) is 0 Å². The number of nitrogens with one attached hydrogen (secondary N) is 2. The fourth-order valence-corrected chi connectivity index (χ4v) is 0.923. The van der Waals surface area contributed by atoms with Crippen molar-refractivity contribution in [3.05, 3.63) is 17.5 Å². The summed E-state index contributed by atoms with van der Waals surface area (Å²) in [4.78, 5) is 11.4. The molecule has 0 aliphatic rings. The van der Waals surface area contributed by atoms with E-state index < -0.39 is 0 Å². The van der Waals surface area contributed by atoms with E-state index in [1.165, 1.54) is 6.20 Å². The van der Waals surface area contributed by atoms with Gasteiger partial charge in [-0.1, -0.05) is 0 Å². The Labute approximate surface area is 76.7 Å². The molecule has 1 aromatic heterocycles. The van der Waals surface area contributed by atoms with E-state index >= 15 is 0 Å². The number of aryl methyl sites for hydroxylation is 1. The first-order valence-corrected chi connectivity index (χ1v) is 3.97. The number of carbonyl (C=O) groups is 1. The smallest absolute Gasteiger partial charge is 0.254 e. The molecule has 0 aliphatic carbocycles. The van der Waals surface area contributed by atoms with E-state index in [9.17, 15) is 4.79 Å². The molecule has 0 aliphatic heterocycles. The van der Waals surface area contributed by atoms with Crippen LogP contribution in [0.25, 0.3) is 0 Å². The summed E-state index contributed by atoms with van der Waals surface area (Å²) in [6.07, 6.45) is 7.09. The van der Waals surface area contributed by atoms with Gasteiger partial charge in [0.05, 0.1) is 11.8 Å². The van der Waals surface area contributed by atoms with Crippen LogP contribution in [-0.4, -0.2) is 22.6 Å². The molecule has 0 atom stereocenters. The van der Waals surface area contributed by atoms with Crippen LogP contribution in [0.15, 0.2) is 6.20 Å². The van der Waals surface area contributed by atoms with Gasteiger partial charge in [-0.3, -0.25) is 9.89 Å². The molecule has 0 fully saturated rings. The Morgan fingerprint density at radius 3 is 3.15 bits per heavy atom. The third-order valence-corrected chi connectivity index (χ3v) is 1.63. The first-order chi connectivity index (χ1) is 6.25. The summed E-state index contributed by atoms with van der Waals surface area (Å²) in [5.74, 6) is 2.31. The molecule has 1 heterocycles. The quantitative estimate of drug-likeness (QED) is 0.521. The average molecular weight is 177 g/mol. The van der Waals surface area contributed by atoms with Crippen LogP contribution in [0.1, 0.15) is 22.5 Å². The lowest BCUT2D eigenvalue weighted by molar-refractivity contribution is 0.0954. The summed E-state index contributed by atoms with van der Waals surface area (Å²) < 4.78 is 0. The van der Waals surface area contributed by atoms with Crippen LogP contribution in [-0.2, 0) is 0 Å². The summed E-state index contributed by atoms with van der Waals surface area (Å²) in [6.45, 7) is 2.29. The molecule has 0 saturated heterocycles. The van der Waals surface area contributed by atoms with Crippen molar-refractivity contribution in [3.63, 3.8) is 0 Å². The van der Waals surface area contributed by atoms with E-state index in [2.05, 4.69) is 21.4 Å². The average Bonchev–Trinajstić information content (AvgIpc) is 2.52. The van der Waals surface area contributed by atoms with Gasteiger partial charge in [-0.05, 0) is 6.92 Å². The Hall–Kier alpha value is -1.76. The topological polar surface area (TPSA) is 57.8 Å². The minimum absolute atomic E-state index is 0.137. The number of terminal acetylenes is 1. The van der Waals surface area contributed by atoms with Crippen molar-refractivity contribution in [3.8, 4) is 12.3 Å². The molecule has 4 nitrogen and oxygen atoms in total. The monoisotopic (exact) mass is 177 g/mol. The number of amides is 1. The zero-order valence-corrected chi connectivity index (χ0v) is 7.42. The first-order valence-electron chi connectivity index (χ1n) is 3.97. The normalized spacial score (nSPS) is 9.23. The third kappa shape index (κ3) is 2.34. The van der Waals surface area contributed by atoms with Crippen LogP contribution in [0, 0.1) is 19.3 Å². The second-order valence-electron chi connectivity index (χ2n) is 2.62. The molecule has 1 rings (SSSR count). The molecular weight excluding hydrogens is 166 g/mol. The maximum atomic E-state index is 11.4. The van der Waals surface area contributed by atoms with Gasteiger partial charge >= 0.3 is 0 Å². The highest BCUT2D eigenvalue weighted by Gasteiger charge is 2.08. The van der Waals surface area contributed by atoms with Gasteiger partial charge in [0, 0.05) is 18.7 Å². The Morgan fingerprint density at radius 1 is 1.85 bits per heavy atom. The van der Waals surface area contributed by atoms with E-state index in [-0.39, 0.29) is 5.91 Å². The molecule has 4 heteroatoms. The van der Waals surface area contributed by atoms with E-state index in [0.29, 0.717) is 18.5 Å². The molecule has 0 radical (unpaired) electrons. The second-order valence-corrected chi connectivity index (χ2v) is 2.62. The molecule has 0 saturated carbocycles. The lowest BCUT2D eigenvalue weighted by Gasteiger charge is -2.00. The van der Waals surface area contributed by atoms with Crippen molar-refractivity contribution >= 4 is 5.91 Å². The minimum Gasteiger partial charge on any atom is -0.351 e. The van der Waals surface area contributed by atoms with Gasteiger partial charge in [-0.2, -0.15) is 5.10 Å². The fourth-order valence-electron chi connectivity index (χ4n) is 0.923. The largest absolute Gasteiger partial charge is 0.351 e. The molecule has 0 bridgehead atoms. The highest BCUT2D eigenvalue weighted by atomic mass is 16.1. The van der Waals surface area contributed by atoms with Gasteiger partial charge in [0.25, 0.3) is 5.91 Å². The number of carbonyl (C=O) groups excluding carboxylic acids is 1. The lowest BCUT2D eigenvalue weighted by atomic mass is 10.2. The molecular formula is C9H11N3O. The Morgan fingerprint density at radius 2 is 2.62 bits per heavy atom. The van der Waals surface area contributed by atoms with Crippen molar-refractivity contribution in [2.24, 2.45) is 0 Å². The van der Waals surface area contributed by atoms with Crippen LogP contribution in [0.3, 0.4) is 0 Å². The number of hydrogen-bond donors (Lipinski definition) is 2.